The highest BCUT2D eigenvalue weighted by Gasteiger charge is 2.20. The van der Waals surface area contributed by atoms with Crippen LogP contribution in [0.1, 0.15) is 30.0 Å². The van der Waals surface area contributed by atoms with Crippen molar-refractivity contribution in [2.24, 2.45) is 0 Å². The van der Waals surface area contributed by atoms with E-state index in [-0.39, 0.29) is 17.5 Å². The molecule has 10 heteroatoms. The smallest absolute Gasteiger partial charge is 0.294 e. The molecule has 2 aromatic carbocycles. The summed E-state index contributed by atoms with van der Waals surface area (Å²) in [6.45, 7) is 5.29. The first kappa shape index (κ1) is 22.0. The van der Waals surface area contributed by atoms with Crippen molar-refractivity contribution in [1.29, 1.82) is 0 Å². The summed E-state index contributed by atoms with van der Waals surface area (Å²) in [5, 5.41) is 18.3. The van der Waals surface area contributed by atoms with E-state index in [0.717, 1.165) is 0 Å². The number of aromatic nitrogens is 2. The maximum absolute atomic E-state index is 12.7. The molecule has 160 valence electrons. The van der Waals surface area contributed by atoms with Gasteiger partial charge in [0.1, 0.15) is 11.4 Å². The molecule has 31 heavy (non-hydrogen) atoms. The first-order valence-corrected chi connectivity index (χ1v) is 9.67. The molecular formula is C21H19ClN4O5. The Morgan fingerprint density at radius 2 is 1.94 bits per heavy atom. The second-order valence-electron chi connectivity index (χ2n) is 6.92. The molecule has 1 aromatic heterocycles. The summed E-state index contributed by atoms with van der Waals surface area (Å²) in [4.78, 5) is 35.9. The number of benzene rings is 2. The maximum Gasteiger partial charge on any atom is 0.294 e. The Kier molecular flexibility index (Phi) is 6.36. The molecule has 1 N–H and O–H groups in total. The van der Waals surface area contributed by atoms with E-state index in [1.54, 1.807) is 25.1 Å². The first-order valence-electron chi connectivity index (χ1n) is 9.29. The molecule has 0 bridgehead atoms. The van der Waals surface area contributed by atoms with Crippen molar-refractivity contribution in [3.05, 3.63) is 85.3 Å². The molecule has 0 aliphatic rings. The molecule has 9 nitrogen and oxygen atoms in total. The average Bonchev–Trinajstić information content (AvgIpc) is 2.69. The summed E-state index contributed by atoms with van der Waals surface area (Å²) in [5.74, 6) is -0.312. The van der Waals surface area contributed by atoms with E-state index >= 15 is 0 Å². The number of aryl methyl sites for hydroxylation is 1. The number of amides is 1. The number of carbonyl (C=O) groups is 1. The molecule has 0 aliphatic heterocycles. The Labute approximate surface area is 182 Å². The van der Waals surface area contributed by atoms with E-state index in [4.69, 9.17) is 16.3 Å². The summed E-state index contributed by atoms with van der Waals surface area (Å²) in [6, 6.07) is 11.8. The van der Waals surface area contributed by atoms with Crippen LogP contribution in [0.25, 0.3) is 5.69 Å². The molecule has 0 aliphatic carbocycles. The fraction of sp³-hybridized carbons (Fsp3) is 0.190. The van der Waals surface area contributed by atoms with Crippen LogP contribution in [0.5, 0.6) is 5.75 Å². The van der Waals surface area contributed by atoms with Crippen LogP contribution in [0.3, 0.4) is 0 Å². The lowest BCUT2D eigenvalue weighted by molar-refractivity contribution is -0.384. The number of hydrogen-bond acceptors (Lipinski definition) is 6. The Hall–Kier alpha value is -3.72. The number of hydrogen-bond donors (Lipinski definition) is 1. The van der Waals surface area contributed by atoms with Gasteiger partial charge in [0.2, 0.25) is 5.43 Å². The lowest BCUT2D eigenvalue weighted by Gasteiger charge is -2.13. The van der Waals surface area contributed by atoms with Crippen molar-refractivity contribution in [3.63, 3.8) is 0 Å². The molecule has 1 heterocycles. The largest absolute Gasteiger partial charge is 0.489 e. The van der Waals surface area contributed by atoms with Crippen LogP contribution in [0, 0.1) is 17.0 Å². The van der Waals surface area contributed by atoms with Gasteiger partial charge in [-0.2, -0.15) is 5.10 Å². The van der Waals surface area contributed by atoms with E-state index in [9.17, 15) is 19.7 Å². The minimum atomic E-state index is -0.772. The number of ether oxygens (including phenoxy) is 1. The van der Waals surface area contributed by atoms with Gasteiger partial charge in [-0.3, -0.25) is 19.7 Å². The first-order chi connectivity index (χ1) is 14.7. The van der Waals surface area contributed by atoms with E-state index in [2.05, 4.69) is 10.4 Å². The molecule has 3 aromatic rings. The van der Waals surface area contributed by atoms with Crippen molar-refractivity contribution in [2.75, 3.05) is 5.32 Å². The van der Waals surface area contributed by atoms with Crippen molar-refractivity contribution < 1.29 is 14.5 Å². The molecule has 0 unspecified atom stereocenters. The van der Waals surface area contributed by atoms with E-state index < -0.39 is 22.0 Å². The summed E-state index contributed by atoms with van der Waals surface area (Å²) >= 11 is 6.19. The van der Waals surface area contributed by atoms with E-state index in [1.165, 1.54) is 35.0 Å². The monoisotopic (exact) mass is 442 g/mol. The van der Waals surface area contributed by atoms with E-state index in [1.807, 2.05) is 13.8 Å². The van der Waals surface area contributed by atoms with Gasteiger partial charge in [-0.25, -0.2) is 4.68 Å². The summed E-state index contributed by atoms with van der Waals surface area (Å²) in [6.07, 6.45) is -0.0739. The topological polar surface area (TPSA) is 116 Å². The van der Waals surface area contributed by atoms with Gasteiger partial charge in [0, 0.05) is 23.5 Å². The van der Waals surface area contributed by atoms with Crippen molar-refractivity contribution >= 4 is 28.9 Å². The molecule has 0 radical (unpaired) electrons. The van der Waals surface area contributed by atoms with Crippen molar-refractivity contribution in [2.45, 2.75) is 26.9 Å². The second kappa shape index (κ2) is 8.97. The number of rotatable bonds is 6. The molecular weight excluding hydrogens is 424 g/mol. The molecule has 0 spiro atoms. The maximum atomic E-state index is 12.7. The van der Waals surface area contributed by atoms with Gasteiger partial charge in [-0.15, -0.1) is 0 Å². The summed E-state index contributed by atoms with van der Waals surface area (Å²) in [5.41, 5.74) is -0.421. The van der Waals surface area contributed by atoms with Gasteiger partial charge >= 0.3 is 0 Å². The minimum Gasteiger partial charge on any atom is -0.489 e. The quantitative estimate of drug-likeness (QED) is 0.453. The fourth-order valence-electron chi connectivity index (χ4n) is 2.86. The van der Waals surface area contributed by atoms with Crippen LogP contribution in [0.4, 0.5) is 11.4 Å². The summed E-state index contributed by atoms with van der Waals surface area (Å²) in [7, 11) is 0. The number of carbonyl (C=O) groups excluding carboxylic acids is 1. The highest BCUT2D eigenvalue weighted by atomic mass is 35.5. The van der Waals surface area contributed by atoms with Crippen LogP contribution in [-0.2, 0) is 0 Å². The molecule has 0 saturated carbocycles. The third kappa shape index (κ3) is 4.89. The number of nitro groups is 1. The molecule has 0 fully saturated rings. The third-order valence-electron chi connectivity index (χ3n) is 4.18. The Balaban J connectivity index is 1.96. The lowest BCUT2D eigenvalue weighted by Crippen LogP contribution is -2.27. The predicted octanol–water partition coefficient (Wildman–Crippen LogP) is 4.14. The molecule has 1 amide bonds. The van der Waals surface area contributed by atoms with Gasteiger partial charge in [-0.05, 0) is 45.0 Å². The zero-order valence-electron chi connectivity index (χ0n) is 17.0. The van der Waals surface area contributed by atoms with Crippen LogP contribution in [0.2, 0.25) is 5.02 Å². The van der Waals surface area contributed by atoms with Gasteiger partial charge in [0.05, 0.1) is 16.0 Å². The van der Waals surface area contributed by atoms with Crippen molar-refractivity contribution in [1.82, 2.24) is 9.78 Å². The number of nitrogens with zero attached hydrogens (tertiary/aromatic N) is 3. The van der Waals surface area contributed by atoms with Gasteiger partial charge in [-0.1, -0.05) is 23.7 Å². The van der Waals surface area contributed by atoms with Crippen LogP contribution < -0.4 is 15.5 Å². The Bertz CT molecular complexity index is 1220. The molecule has 0 saturated heterocycles. The normalized spacial score (nSPS) is 10.7. The van der Waals surface area contributed by atoms with Gasteiger partial charge < -0.3 is 10.1 Å². The minimum absolute atomic E-state index is 0.0739. The molecule has 3 rings (SSSR count). The van der Waals surface area contributed by atoms with Gasteiger partial charge in [0.25, 0.3) is 11.6 Å². The van der Waals surface area contributed by atoms with Gasteiger partial charge in [0.15, 0.2) is 5.69 Å². The van der Waals surface area contributed by atoms with Crippen LogP contribution in [0.15, 0.2) is 53.3 Å². The Morgan fingerprint density at radius 3 is 2.58 bits per heavy atom. The standard InChI is InChI=1S/C21H19ClN4O5/c1-12(2)31-19-9-8-14(11-15(19)22)23-21(28)20-18(27)10-13(3)25(24-20)16-6-4-5-7-17(16)26(29)30/h4-12H,1-3H3,(H,23,28). The number of halogens is 1. The van der Waals surface area contributed by atoms with Crippen molar-refractivity contribution in [3.8, 4) is 11.4 Å². The third-order valence-corrected chi connectivity index (χ3v) is 4.48. The van der Waals surface area contributed by atoms with Crippen LogP contribution in [-0.4, -0.2) is 26.7 Å². The highest BCUT2D eigenvalue weighted by Crippen LogP contribution is 2.28. The molecule has 0 atom stereocenters. The second-order valence-corrected chi connectivity index (χ2v) is 7.33. The number of para-hydroxylation sites is 2. The highest BCUT2D eigenvalue weighted by molar-refractivity contribution is 6.32. The predicted molar refractivity (Wildman–Crippen MR) is 116 cm³/mol. The van der Waals surface area contributed by atoms with E-state index in [0.29, 0.717) is 22.2 Å². The fourth-order valence-corrected chi connectivity index (χ4v) is 3.09. The Morgan fingerprint density at radius 1 is 1.23 bits per heavy atom. The summed E-state index contributed by atoms with van der Waals surface area (Å²) < 4.78 is 6.75. The zero-order valence-corrected chi connectivity index (χ0v) is 17.7. The van der Waals surface area contributed by atoms with Crippen LogP contribution >= 0.6 is 11.6 Å². The number of nitrogens with one attached hydrogen (secondary N) is 1. The SMILES string of the molecule is Cc1cc(=O)c(C(=O)Nc2ccc(OC(C)C)c(Cl)c2)nn1-c1ccccc1[N+](=O)[O-]. The lowest BCUT2D eigenvalue weighted by atomic mass is 10.2. The number of anilines is 1. The average molecular weight is 443 g/mol. The zero-order chi connectivity index (χ0) is 22.7. The number of nitro benzene ring substituents is 1.